The summed E-state index contributed by atoms with van der Waals surface area (Å²) >= 11 is 3.38. The summed E-state index contributed by atoms with van der Waals surface area (Å²) < 4.78 is 0.975. The summed E-state index contributed by atoms with van der Waals surface area (Å²) in [6, 6.07) is 3.97. The first-order chi connectivity index (χ1) is 8.70. The lowest BCUT2D eigenvalue weighted by Gasteiger charge is -2.32. The molecule has 1 atom stereocenters. The Morgan fingerprint density at radius 2 is 2.44 bits per heavy atom. The van der Waals surface area contributed by atoms with Crippen molar-refractivity contribution in [2.75, 3.05) is 24.5 Å². The summed E-state index contributed by atoms with van der Waals surface area (Å²) in [6.45, 7) is 4.39. The van der Waals surface area contributed by atoms with Gasteiger partial charge in [0.25, 0.3) is 0 Å². The van der Waals surface area contributed by atoms with Gasteiger partial charge < -0.3 is 10.2 Å². The fraction of sp³-hybridized carbons (Fsp3) is 0.538. The first-order valence-corrected chi connectivity index (χ1v) is 7.14. The number of hydrogen-bond donors (Lipinski definition) is 1. The Morgan fingerprint density at radius 1 is 1.61 bits per heavy atom. The highest BCUT2D eigenvalue weighted by Crippen LogP contribution is 2.22. The largest absolute Gasteiger partial charge is 0.356 e. The zero-order chi connectivity index (χ0) is 13.0. The molecule has 98 valence electrons. The maximum atomic E-state index is 11.9. The maximum absolute atomic E-state index is 11.9. The minimum Gasteiger partial charge on any atom is -0.356 e. The van der Waals surface area contributed by atoms with Crippen LogP contribution in [0.5, 0.6) is 0 Å². The number of anilines is 1. The van der Waals surface area contributed by atoms with Crippen LogP contribution >= 0.6 is 15.9 Å². The summed E-state index contributed by atoms with van der Waals surface area (Å²) in [4.78, 5) is 18.4. The highest BCUT2D eigenvalue weighted by Gasteiger charge is 2.25. The van der Waals surface area contributed by atoms with Gasteiger partial charge >= 0.3 is 0 Å². The molecule has 0 aliphatic carbocycles. The van der Waals surface area contributed by atoms with Crippen LogP contribution < -0.4 is 10.2 Å². The number of carbonyl (C=O) groups is 1. The second kappa shape index (κ2) is 6.18. The van der Waals surface area contributed by atoms with Crippen molar-refractivity contribution in [3.05, 3.63) is 22.8 Å². The minimum absolute atomic E-state index is 0.0872. The van der Waals surface area contributed by atoms with Crippen LogP contribution in [0.3, 0.4) is 0 Å². The van der Waals surface area contributed by atoms with E-state index in [1.165, 1.54) is 0 Å². The summed E-state index contributed by atoms with van der Waals surface area (Å²) in [6.07, 6.45) is 3.81. The molecule has 4 nitrogen and oxygen atoms in total. The molecule has 1 aliphatic rings. The second-order valence-corrected chi connectivity index (χ2v) is 5.43. The summed E-state index contributed by atoms with van der Waals surface area (Å²) in [7, 11) is 0. The van der Waals surface area contributed by atoms with Gasteiger partial charge in [0.05, 0.1) is 5.92 Å². The first-order valence-electron chi connectivity index (χ1n) is 6.35. The van der Waals surface area contributed by atoms with Crippen molar-refractivity contribution in [2.45, 2.75) is 19.8 Å². The van der Waals surface area contributed by atoms with Gasteiger partial charge in [-0.3, -0.25) is 4.79 Å². The van der Waals surface area contributed by atoms with Gasteiger partial charge in [0.15, 0.2) is 0 Å². The van der Waals surface area contributed by atoms with E-state index in [-0.39, 0.29) is 11.8 Å². The Balaban J connectivity index is 2.02. The fourth-order valence-corrected chi connectivity index (χ4v) is 2.51. The van der Waals surface area contributed by atoms with Crippen LogP contribution in [-0.2, 0) is 4.79 Å². The van der Waals surface area contributed by atoms with Gasteiger partial charge in [-0.2, -0.15) is 0 Å². The molecule has 1 N–H and O–H groups in total. The molecule has 0 spiro atoms. The highest BCUT2D eigenvalue weighted by atomic mass is 79.9. The number of pyridine rings is 1. The number of amides is 1. The van der Waals surface area contributed by atoms with Crippen molar-refractivity contribution in [1.82, 2.24) is 10.3 Å². The average Bonchev–Trinajstić information content (AvgIpc) is 2.40. The molecule has 1 amide bonds. The van der Waals surface area contributed by atoms with Gasteiger partial charge in [0.1, 0.15) is 5.82 Å². The molecule has 1 aliphatic heterocycles. The minimum atomic E-state index is 0.0872. The molecule has 1 aromatic heterocycles. The molecule has 1 unspecified atom stereocenters. The SMILES string of the molecule is CCNC(=O)C1CCCN(c2ccc(Br)cn2)C1. The Bertz CT molecular complexity index is 407. The van der Waals surface area contributed by atoms with Crippen LogP contribution in [0, 0.1) is 5.92 Å². The van der Waals surface area contributed by atoms with Gasteiger partial charge in [-0.25, -0.2) is 4.98 Å². The summed E-state index contributed by atoms with van der Waals surface area (Å²) in [5.41, 5.74) is 0. The molecule has 1 fully saturated rings. The number of halogens is 1. The second-order valence-electron chi connectivity index (χ2n) is 4.51. The average molecular weight is 312 g/mol. The van der Waals surface area contributed by atoms with Gasteiger partial charge in [0.2, 0.25) is 5.91 Å². The van der Waals surface area contributed by atoms with Crippen molar-refractivity contribution >= 4 is 27.7 Å². The van der Waals surface area contributed by atoms with Gasteiger partial charge in [-0.05, 0) is 47.8 Å². The van der Waals surface area contributed by atoms with Crippen molar-refractivity contribution in [2.24, 2.45) is 5.92 Å². The first kappa shape index (κ1) is 13.3. The third-order valence-corrected chi connectivity index (χ3v) is 3.65. The van der Waals surface area contributed by atoms with Crippen LogP contribution in [0.4, 0.5) is 5.82 Å². The Hall–Kier alpha value is -1.10. The maximum Gasteiger partial charge on any atom is 0.224 e. The Morgan fingerprint density at radius 3 is 3.11 bits per heavy atom. The van der Waals surface area contributed by atoms with Crippen molar-refractivity contribution < 1.29 is 4.79 Å². The lowest BCUT2D eigenvalue weighted by atomic mass is 9.97. The quantitative estimate of drug-likeness (QED) is 0.930. The number of carbonyl (C=O) groups excluding carboxylic acids is 1. The van der Waals surface area contributed by atoms with Crippen molar-refractivity contribution in [3.8, 4) is 0 Å². The number of piperidine rings is 1. The van der Waals surface area contributed by atoms with Crippen LogP contribution in [0.1, 0.15) is 19.8 Å². The fourth-order valence-electron chi connectivity index (χ4n) is 2.27. The standard InChI is InChI=1S/C13H18BrN3O/c1-2-15-13(18)10-4-3-7-17(9-10)12-6-5-11(14)8-16-12/h5-6,8,10H,2-4,7,9H2,1H3,(H,15,18). The molecule has 0 radical (unpaired) electrons. The molecule has 0 saturated carbocycles. The van der Waals surface area contributed by atoms with Gasteiger partial charge in [-0.15, -0.1) is 0 Å². The van der Waals surface area contributed by atoms with Gasteiger partial charge in [-0.1, -0.05) is 0 Å². The topological polar surface area (TPSA) is 45.2 Å². The summed E-state index contributed by atoms with van der Waals surface area (Å²) in [5.74, 6) is 1.20. The van der Waals surface area contributed by atoms with E-state index in [2.05, 4.69) is 31.1 Å². The number of nitrogens with zero attached hydrogens (tertiary/aromatic N) is 2. The Kier molecular flexibility index (Phi) is 4.58. The smallest absolute Gasteiger partial charge is 0.224 e. The summed E-state index contributed by atoms with van der Waals surface area (Å²) in [5, 5.41) is 2.90. The molecule has 2 heterocycles. The number of nitrogens with one attached hydrogen (secondary N) is 1. The van der Waals surface area contributed by atoms with Crippen molar-refractivity contribution in [3.63, 3.8) is 0 Å². The molecule has 0 aromatic carbocycles. The molecule has 2 rings (SSSR count). The van der Waals surface area contributed by atoms with E-state index in [0.29, 0.717) is 6.54 Å². The monoisotopic (exact) mass is 311 g/mol. The molecular formula is C13H18BrN3O. The molecule has 0 bridgehead atoms. The molecule has 18 heavy (non-hydrogen) atoms. The van der Waals surface area contributed by atoms with E-state index in [9.17, 15) is 4.79 Å². The van der Waals surface area contributed by atoms with E-state index in [1.807, 2.05) is 19.1 Å². The molecule has 5 heteroatoms. The van der Waals surface area contributed by atoms with E-state index in [1.54, 1.807) is 6.20 Å². The van der Waals surface area contributed by atoms with Crippen LogP contribution in [0.15, 0.2) is 22.8 Å². The van der Waals surface area contributed by atoms with Gasteiger partial charge in [0, 0.05) is 30.3 Å². The van der Waals surface area contributed by atoms with Crippen molar-refractivity contribution in [1.29, 1.82) is 0 Å². The zero-order valence-electron chi connectivity index (χ0n) is 10.5. The number of hydrogen-bond acceptors (Lipinski definition) is 3. The normalized spacial score (nSPS) is 19.7. The highest BCUT2D eigenvalue weighted by molar-refractivity contribution is 9.10. The molecular weight excluding hydrogens is 294 g/mol. The predicted octanol–water partition coefficient (Wildman–Crippen LogP) is 2.20. The van der Waals surface area contributed by atoms with E-state index in [4.69, 9.17) is 0 Å². The van der Waals surface area contributed by atoms with Crippen LogP contribution in [0.2, 0.25) is 0 Å². The van der Waals surface area contributed by atoms with Crippen LogP contribution in [0.25, 0.3) is 0 Å². The van der Waals surface area contributed by atoms with E-state index >= 15 is 0 Å². The van der Waals surface area contributed by atoms with E-state index in [0.717, 1.165) is 36.2 Å². The molecule has 1 aromatic rings. The third-order valence-electron chi connectivity index (χ3n) is 3.18. The number of aromatic nitrogens is 1. The lowest BCUT2D eigenvalue weighted by molar-refractivity contribution is -0.125. The predicted molar refractivity (Wildman–Crippen MR) is 75.6 cm³/mol. The third kappa shape index (κ3) is 3.22. The Labute approximate surface area is 116 Å². The number of rotatable bonds is 3. The van der Waals surface area contributed by atoms with E-state index < -0.39 is 0 Å². The zero-order valence-corrected chi connectivity index (χ0v) is 12.1. The lowest BCUT2D eigenvalue weighted by Crippen LogP contribution is -2.43. The van der Waals surface area contributed by atoms with Crippen LogP contribution in [-0.4, -0.2) is 30.5 Å². The molecule has 1 saturated heterocycles.